The van der Waals surface area contributed by atoms with Crippen molar-refractivity contribution in [1.82, 2.24) is 19.4 Å². The maximum atomic E-state index is 13.2. The molecule has 0 N–H and O–H groups in total. The first-order chi connectivity index (χ1) is 13.7. The Bertz CT molecular complexity index is 968. The number of nitrogens with zero attached hydrogens (tertiary/aromatic N) is 4. The standard InChI is InChI=1S/C22H24N4O2/c1-16-13-24-21(26(16)15-17-6-4-10-23-14-17)20-9-5-11-25(20)22(27)18-7-3-8-19(12-18)28-2/h3-4,6-8,10,12-14,20H,5,9,11,15H2,1-2H3. The number of carbonyl (C=O) groups excluding carboxylic acids is 1. The highest BCUT2D eigenvalue weighted by molar-refractivity contribution is 5.95. The van der Waals surface area contributed by atoms with Crippen molar-refractivity contribution in [3.63, 3.8) is 0 Å². The minimum atomic E-state index is -0.0240. The molecule has 1 aromatic carbocycles. The molecule has 1 unspecified atom stereocenters. The van der Waals surface area contributed by atoms with Crippen LogP contribution in [0.3, 0.4) is 0 Å². The zero-order valence-electron chi connectivity index (χ0n) is 16.2. The number of methoxy groups -OCH3 is 1. The first kappa shape index (κ1) is 18.2. The number of pyridine rings is 1. The molecule has 0 radical (unpaired) electrons. The van der Waals surface area contributed by atoms with Gasteiger partial charge in [0.15, 0.2) is 0 Å². The number of carbonyl (C=O) groups is 1. The van der Waals surface area contributed by atoms with E-state index in [4.69, 9.17) is 4.74 Å². The smallest absolute Gasteiger partial charge is 0.254 e. The third-order valence-corrected chi connectivity index (χ3v) is 5.28. The van der Waals surface area contributed by atoms with Crippen molar-refractivity contribution in [3.05, 3.63) is 77.6 Å². The number of benzene rings is 1. The quantitative estimate of drug-likeness (QED) is 0.682. The number of imidazole rings is 1. The van der Waals surface area contributed by atoms with Crippen LogP contribution in [-0.2, 0) is 6.54 Å². The lowest BCUT2D eigenvalue weighted by molar-refractivity contribution is 0.0727. The average molecular weight is 376 g/mol. The molecule has 0 aliphatic carbocycles. The summed E-state index contributed by atoms with van der Waals surface area (Å²) in [7, 11) is 1.61. The maximum Gasteiger partial charge on any atom is 0.254 e. The molecule has 6 nitrogen and oxygen atoms in total. The van der Waals surface area contributed by atoms with Crippen LogP contribution in [0.1, 0.15) is 46.3 Å². The van der Waals surface area contributed by atoms with Crippen molar-refractivity contribution in [2.75, 3.05) is 13.7 Å². The van der Waals surface area contributed by atoms with Crippen LogP contribution in [-0.4, -0.2) is 39.0 Å². The molecule has 1 fully saturated rings. The molecule has 144 valence electrons. The summed E-state index contributed by atoms with van der Waals surface area (Å²) in [5, 5.41) is 0. The maximum absolute atomic E-state index is 13.2. The fourth-order valence-corrected chi connectivity index (χ4v) is 3.83. The highest BCUT2D eigenvalue weighted by Crippen LogP contribution is 2.33. The number of rotatable bonds is 5. The number of ether oxygens (including phenoxy) is 1. The lowest BCUT2D eigenvalue weighted by Gasteiger charge is -2.25. The fraction of sp³-hybridized carbons (Fsp3) is 0.318. The monoisotopic (exact) mass is 376 g/mol. The van der Waals surface area contributed by atoms with Crippen molar-refractivity contribution in [2.45, 2.75) is 32.4 Å². The summed E-state index contributed by atoms with van der Waals surface area (Å²) in [6, 6.07) is 11.3. The summed E-state index contributed by atoms with van der Waals surface area (Å²) >= 11 is 0. The van der Waals surface area contributed by atoms with Crippen molar-refractivity contribution >= 4 is 5.91 Å². The van der Waals surface area contributed by atoms with Gasteiger partial charge in [0.05, 0.1) is 19.7 Å². The Kier molecular flexibility index (Phi) is 5.10. The van der Waals surface area contributed by atoms with Gasteiger partial charge in [0.25, 0.3) is 5.91 Å². The highest BCUT2D eigenvalue weighted by Gasteiger charge is 2.34. The van der Waals surface area contributed by atoms with Gasteiger partial charge in [0, 0.05) is 36.4 Å². The Balaban J connectivity index is 1.63. The van der Waals surface area contributed by atoms with Crippen LogP contribution in [0.5, 0.6) is 5.75 Å². The first-order valence-electron chi connectivity index (χ1n) is 9.53. The number of aromatic nitrogens is 3. The summed E-state index contributed by atoms with van der Waals surface area (Å²) in [6.45, 7) is 3.49. The molecule has 1 amide bonds. The minimum absolute atomic E-state index is 0.0231. The van der Waals surface area contributed by atoms with E-state index in [1.54, 1.807) is 19.4 Å². The molecule has 0 saturated carbocycles. The molecule has 6 heteroatoms. The Morgan fingerprint density at radius 1 is 1.25 bits per heavy atom. The van der Waals surface area contributed by atoms with Gasteiger partial charge in [0.2, 0.25) is 0 Å². The van der Waals surface area contributed by atoms with Crippen LogP contribution < -0.4 is 4.74 Å². The van der Waals surface area contributed by atoms with Gasteiger partial charge in [0.1, 0.15) is 11.6 Å². The van der Waals surface area contributed by atoms with Gasteiger partial charge in [-0.15, -0.1) is 0 Å². The van der Waals surface area contributed by atoms with Gasteiger partial charge < -0.3 is 14.2 Å². The molecule has 3 heterocycles. The van der Waals surface area contributed by atoms with E-state index in [9.17, 15) is 4.79 Å². The van der Waals surface area contributed by atoms with Gasteiger partial charge in [-0.05, 0) is 49.6 Å². The third kappa shape index (κ3) is 3.50. The molecule has 1 saturated heterocycles. The highest BCUT2D eigenvalue weighted by atomic mass is 16.5. The van der Waals surface area contributed by atoms with E-state index in [-0.39, 0.29) is 11.9 Å². The molecular formula is C22H24N4O2. The zero-order valence-corrected chi connectivity index (χ0v) is 16.2. The molecule has 1 atom stereocenters. The second-order valence-electron chi connectivity index (χ2n) is 7.09. The SMILES string of the molecule is COc1cccc(C(=O)N2CCCC2c2ncc(C)n2Cc2cccnc2)c1. The van der Waals surface area contributed by atoms with E-state index in [2.05, 4.69) is 27.5 Å². The van der Waals surface area contributed by atoms with Crippen LogP contribution in [0.4, 0.5) is 0 Å². The van der Waals surface area contributed by atoms with Crippen molar-refractivity contribution in [1.29, 1.82) is 0 Å². The fourth-order valence-electron chi connectivity index (χ4n) is 3.83. The molecule has 1 aliphatic heterocycles. The van der Waals surface area contributed by atoms with E-state index >= 15 is 0 Å². The first-order valence-corrected chi connectivity index (χ1v) is 9.53. The van der Waals surface area contributed by atoms with E-state index in [0.717, 1.165) is 36.5 Å². The largest absolute Gasteiger partial charge is 0.497 e. The predicted octanol–water partition coefficient (Wildman–Crippen LogP) is 3.62. The third-order valence-electron chi connectivity index (χ3n) is 5.28. The van der Waals surface area contributed by atoms with E-state index in [0.29, 0.717) is 17.9 Å². The van der Waals surface area contributed by atoms with Crippen LogP contribution in [0.2, 0.25) is 0 Å². The number of aryl methyl sites for hydroxylation is 1. The number of hydrogen-bond acceptors (Lipinski definition) is 4. The molecule has 2 aromatic heterocycles. The molecule has 4 rings (SSSR count). The van der Waals surface area contributed by atoms with Gasteiger partial charge >= 0.3 is 0 Å². The lowest BCUT2D eigenvalue weighted by atomic mass is 10.1. The number of likely N-dealkylation sites (tertiary alicyclic amines) is 1. The zero-order chi connectivity index (χ0) is 19.5. The summed E-state index contributed by atoms with van der Waals surface area (Å²) in [5.74, 6) is 1.65. The molecule has 3 aromatic rings. The molecule has 28 heavy (non-hydrogen) atoms. The Hall–Kier alpha value is -3.15. The van der Waals surface area contributed by atoms with E-state index in [1.165, 1.54) is 0 Å². The molecular weight excluding hydrogens is 352 g/mol. The van der Waals surface area contributed by atoms with Crippen LogP contribution >= 0.6 is 0 Å². The van der Waals surface area contributed by atoms with Crippen LogP contribution in [0, 0.1) is 6.92 Å². The van der Waals surface area contributed by atoms with Crippen molar-refractivity contribution in [2.24, 2.45) is 0 Å². The van der Waals surface area contributed by atoms with Gasteiger partial charge in [-0.1, -0.05) is 12.1 Å². The van der Waals surface area contributed by atoms with Gasteiger partial charge in [-0.3, -0.25) is 9.78 Å². The van der Waals surface area contributed by atoms with Gasteiger partial charge in [-0.2, -0.15) is 0 Å². The number of hydrogen-bond donors (Lipinski definition) is 0. The molecule has 0 bridgehead atoms. The van der Waals surface area contributed by atoms with E-state index in [1.807, 2.05) is 41.6 Å². The Labute approximate surface area is 164 Å². The summed E-state index contributed by atoms with van der Waals surface area (Å²) in [6.07, 6.45) is 7.42. The average Bonchev–Trinajstić information content (AvgIpc) is 3.35. The number of amides is 1. The normalized spacial score (nSPS) is 16.4. The van der Waals surface area contributed by atoms with Crippen LogP contribution in [0.15, 0.2) is 55.0 Å². The summed E-state index contributed by atoms with van der Waals surface area (Å²) < 4.78 is 7.47. The van der Waals surface area contributed by atoms with Gasteiger partial charge in [-0.25, -0.2) is 4.98 Å². The Morgan fingerprint density at radius 3 is 2.93 bits per heavy atom. The van der Waals surface area contributed by atoms with Crippen molar-refractivity contribution < 1.29 is 9.53 Å². The molecule has 0 spiro atoms. The van der Waals surface area contributed by atoms with Crippen molar-refractivity contribution in [3.8, 4) is 5.75 Å². The minimum Gasteiger partial charge on any atom is -0.497 e. The topological polar surface area (TPSA) is 60.2 Å². The van der Waals surface area contributed by atoms with Crippen LogP contribution in [0.25, 0.3) is 0 Å². The lowest BCUT2D eigenvalue weighted by Crippen LogP contribution is -2.32. The summed E-state index contributed by atoms with van der Waals surface area (Å²) in [4.78, 5) is 24.0. The second kappa shape index (κ2) is 7.84. The summed E-state index contributed by atoms with van der Waals surface area (Å²) in [5.41, 5.74) is 2.85. The molecule has 1 aliphatic rings. The Morgan fingerprint density at radius 2 is 2.14 bits per heavy atom. The van der Waals surface area contributed by atoms with E-state index < -0.39 is 0 Å². The second-order valence-corrected chi connectivity index (χ2v) is 7.09. The predicted molar refractivity (Wildman–Crippen MR) is 106 cm³/mol.